The molecule has 22 heavy (non-hydrogen) atoms. The van der Waals surface area contributed by atoms with Crippen molar-refractivity contribution in [2.24, 2.45) is 4.99 Å². The molecule has 0 aliphatic carbocycles. The molecule has 4 rings (SSSR count). The molecule has 0 saturated heterocycles. The van der Waals surface area contributed by atoms with Crippen LogP contribution in [0.25, 0.3) is 0 Å². The van der Waals surface area contributed by atoms with Crippen molar-refractivity contribution in [2.45, 2.75) is 12.8 Å². The van der Waals surface area contributed by atoms with Gasteiger partial charge in [0.2, 0.25) is 0 Å². The van der Waals surface area contributed by atoms with E-state index in [2.05, 4.69) is 85.8 Å². The van der Waals surface area contributed by atoms with Crippen LogP contribution in [0.3, 0.4) is 0 Å². The summed E-state index contributed by atoms with van der Waals surface area (Å²) in [5, 5.41) is 0. The standard InChI is InChI=1S/C21H17N/c1-15-8-7-11-17(14-15)21-20(16-9-3-2-4-10-16)18-12-5-6-13-19(18)22-21/h2-14,20H,1H3. The largest absolute Gasteiger partial charge is 0.252 e. The van der Waals surface area contributed by atoms with Gasteiger partial charge in [0.05, 0.1) is 17.3 Å². The van der Waals surface area contributed by atoms with E-state index in [1.165, 1.54) is 22.3 Å². The zero-order chi connectivity index (χ0) is 14.9. The molecule has 3 aromatic rings. The molecule has 0 saturated carbocycles. The third-order valence-corrected chi connectivity index (χ3v) is 4.21. The second kappa shape index (κ2) is 5.27. The van der Waals surface area contributed by atoms with Crippen LogP contribution in [-0.2, 0) is 0 Å². The van der Waals surface area contributed by atoms with Gasteiger partial charge < -0.3 is 0 Å². The van der Waals surface area contributed by atoms with Crippen LogP contribution in [0.2, 0.25) is 0 Å². The third kappa shape index (κ3) is 2.15. The van der Waals surface area contributed by atoms with E-state index in [-0.39, 0.29) is 5.92 Å². The number of para-hydroxylation sites is 1. The monoisotopic (exact) mass is 283 g/mol. The maximum Gasteiger partial charge on any atom is 0.0675 e. The Morgan fingerprint density at radius 2 is 1.55 bits per heavy atom. The number of hydrogen-bond donors (Lipinski definition) is 0. The lowest BCUT2D eigenvalue weighted by molar-refractivity contribution is 1.11. The molecular formula is C21H17N. The number of rotatable bonds is 2. The number of benzene rings is 3. The van der Waals surface area contributed by atoms with Gasteiger partial charge in [-0.1, -0.05) is 78.4 Å². The van der Waals surface area contributed by atoms with Crippen LogP contribution in [-0.4, -0.2) is 5.71 Å². The molecule has 0 radical (unpaired) electrons. The lowest BCUT2D eigenvalue weighted by Crippen LogP contribution is -2.11. The first-order chi connectivity index (χ1) is 10.8. The molecule has 0 bridgehead atoms. The highest BCUT2D eigenvalue weighted by atomic mass is 14.8. The molecule has 1 heterocycles. The highest BCUT2D eigenvalue weighted by Gasteiger charge is 2.29. The summed E-state index contributed by atoms with van der Waals surface area (Å²) in [5.41, 5.74) is 7.31. The Balaban J connectivity index is 1.90. The topological polar surface area (TPSA) is 12.4 Å². The van der Waals surface area contributed by atoms with Crippen molar-refractivity contribution < 1.29 is 0 Å². The summed E-state index contributed by atoms with van der Waals surface area (Å²) < 4.78 is 0. The van der Waals surface area contributed by atoms with Crippen molar-refractivity contribution in [3.8, 4) is 0 Å². The van der Waals surface area contributed by atoms with E-state index in [0.29, 0.717) is 0 Å². The summed E-state index contributed by atoms with van der Waals surface area (Å²) in [6.45, 7) is 2.13. The first-order valence-electron chi connectivity index (χ1n) is 7.62. The van der Waals surface area contributed by atoms with Crippen LogP contribution in [0.5, 0.6) is 0 Å². The Hall–Kier alpha value is -2.67. The third-order valence-electron chi connectivity index (χ3n) is 4.21. The summed E-state index contributed by atoms with van der Waals surface area (Å²) in [6, 6.07) is 27.7. The minimum Gasteiger partial charge on any atom is -0.252 e. The minimum absolute atomic E-state index is 0.221. The van der Waals surface area contributed by atoms with Gasteiger partial charge >= 0.3 is 0 Å². The molecule has 0 aromatic heterocycles. The summed E-state index contributed by atoms with van der Waals surface area (Å²) in [6.07, 6.45) is 0. The van der Waals surface area contributed by atoms with Crippen LogP contribution in [0, 0.1) is 6.92 Å². The van der Waals surface area contributed by atoms with Crippen LogP contribution < -0.4 is 0 Å². The Bertz CT molecular complexity index is 847. The number of fused-ring (bicyclic) bond motifs is 1. The van der Waals surface area contributed by atoms with Gasteiger partial charge in [0, 0.05) is 0 Å². The fraction of sp³-hybridized carbons (Fsp3) is 0.0952. The molecule has 1 aliphatic heterocycles. The normalized spacial score (nSPS) is 16.2. The van der Waals surface area contributed by atoms with E-state index < -0.39 is 0 Å². The Morgan fingerprint density at radius 3 is 2.36 bits per heavy atom. The Morgan fingerprint density at radius 1 is 0.773 bits per heavy atom. The lowest BCUT2D eigenvalue weighted by Gasteiger charge is -2.16. The summed E-state index contributed by atoms with van der Waals surface area (Å²) in [4.78, 5) is 4.94. The van der Waals surface area contributed by atoms with Gasteiger partial charge in [-0.25, -0.2) is 0 Å². The van der Waals surface area contributed by atoms with Crippen molar-refractivity contribution in [1.29, 1.82) is 0 Å². The van der Waals surface area contributed by atoms with E-state index in [1.807, 2.05) is 0 Å². The molecule has 1 unspecified atom stereocenters. The molecule has 106 valence electrons. The average Bonchev–Trinajstić information content (AvgIpc) is 2.95. The van der Waals surface area contributed by atoms with E-state index in [1.54, 1.807) is 0 Å². The van der Waals surface area contributed by atoms with Crippen LogP contribution in [0.4, 0.5) is 5.69 Å². The fourth-order valence-corrected chi connectivity index (χ4v) is 3.19. The van der Waals surface area contributed by atoms with Gasteiger partial charge in [0.25, 0.3) is 0 Å². The highest BCUT2D eigenvalue weighted by Crippen LogP contribution is 2.41. The second-order valence-electron chi connectivity index (χ2n) is 5.77. The van der Waals surface area contributed by atoms with Crippen LogP contribution >= 0.6 is 0 Å². The smallest absolute Gasteiger partial charge is 0.0675 e. The summed E-state index contributed by atoms with van der Waals surface area (Å²) >= 11 is 0. The second-order valence-corrected chi connectivity index (χ2v) is 5.77. The number of aliphatic imine (C=N–C) groups is 1. The van der Waals surface area contributed by atoms with Crippen LogP contribution in [0.1, 0.15) is 28.2 Å². The van der Waals surface area contributed by atoms with E-state index in [4.69, 9.17) is 4.99 Å². The van der Waals surface area contributed by atoms with Crippen molar-refractivity contribution in [3.63, 3.8) is 0 Å². The van der Waals surface area contributed by atoms with Gasteiger partial charge in [0.1, 0.15) is 0 Å². The first-order valence-corrected chi connectivity index (χ1v) is 7.62. The molecular weight excluding hydrogens is 266 g/mol. The SMILES string of the molecule is Cc1cccc(C2=Nc3ccccc3C2c2ccccc2)c1. The summed E-state index contributed by atoms with van der Waals surface area (Å²) in [5.74, 6) is 0.221. The number of nitrogens with zero attached hydrogens (tertiary/aromatic N) is 1. The minimum atomic E-state index is 0.221. The molecule has 1 nitrogen and oxygen atoms in total. The summed E-state index contributed by atoms with van der Waals surface area (Å²) in [7, 11) is 0. The first kappa shape index (κ1) is 13.0. The molecule has 1 heteroatoms. The predicted molar refractivity (Wildman–Crippen MR) is 92.1 cm³/mol. The molecule has 0 N–H and O–H groups in total. The Kier molecular flexibility index (Phi) is 3.12. The molecule has 1 atom stereocenters. The number of aryl methyl sites for hydroxylation is 1. The van der Waals surface area contributed by atoms with Crippen molar-refractivity contribution >= 4 is 11.4 Å². The van der Waals surface area contributed by atoms with E-state index in [0.717, 1.165) is 11.4 Å². The lowest BCUT2D eigenvalue weighted by atomic mass is 9.85. The maximum atomic E-state index is 4.94. The zero-order valence-electron chi connectivity index (χ0n) is 12.5. The Labute approximate surface area is 131 Å². The maximum absolute atomic E-state index is 4.94. The highest BCUT2D eigenvalue weighted by molar-refractivity contribution is 6.11. The van der Waals surface area contributed by atoms with Crippen molar-refractivity contribution in [2.75, 3.05) is 0 Å². The van der Waals surface area contributed by atoms with Crippen molar-refractivity contribution in [3.05, 3.63) is 101 Å². The average molecular weight is 283 g/mol. The van der Waals surface area contributed by atoms with Gasteiger partial charge in [-0.2, -0.15) is 0 Å². The zero-order valence-corrected chi connectivity index (χ0v) is 12.5. The fourth-order valence-electron chi connectivity index (χ4n) is 3.19. The van der Waals surface area contributed by atoms with Gasteiger partial charge in [-0.05, 0) is 29.7 Å². The van der Waals surface area contributed by atoms with Crippen molar-refractivity contribution in [1.82, 2.24) is 0 Å². The van der Waals surface area contributed by atoms with Gasteiger partial charge in [-0.15, -0.1) is 0 Å². The van der Waals surface area contributed by atoms with Crippen LogP contribution in [0.15, 0.2) is 83.9 Å². The number of hydrogen-bond acceptors (Lipinski definition) is 1. The van der Waals surface area contributed by atoms with E-state index >= 15 is 0 Å². The molecule has 1 aliphatic rings. The quantitative estimate of drug-likeness (QED) is 0.608. The van der Waals surface area contributed by atoms with Gasteiger partial charge in [0.15, 0.2) is 0 Å². The molecule has 0 spiro atoms. The molecule has 0 amide bonds. The van der Waals surface area contributed by atoms with E-state index in [9.17, 15) is 0 Å². The van der Waals surface area contributed by atoms with Gasteiger partial charge in [-0.3, -0.25) is 4.99 Å². The molecule has 3 aromatic carbocycles. The molecule has 0 fully saturated rings. The predicted octanol–water partition coefficient (Wildman–Crippen LogP) is 5.26.